The van der Waals surface area contributed by atoms with Gasteiger partial charge in [0.25, 0.3) is 11.8 Å². The highest BCUT2D eigenvalue weighted by Crippen LogP contribution is 2.50. The molecule has 2 bridgehead atoms. The number of hydrogen-bond acceptors (Lipinski definition) is 5. The van der Waals surface area contributed by atoms with Crippen molar-refractivity contribution in [2.24, 2.45) is 11.8 Å². The first-order chi connectivity index (χ1) is 18.9. The molecule has 1 heterocycles. The van der Waals surface area contributed by atoms with Crippen molar-refractivity contribution in [1.82, 2.24) is 5.32 Å². The first kappa shape index (κ1) is 25.0. The van der Waals surface area contributed by atoms with Gasteiger partial charge in [0.15, 0.2) is 6.04 Å². The minimum atomic E-state index is -1.44. The SMILES string of the molecule is CN(C)c1cccc(OC(=O)NC2C(=O)N(c3ccccc3)c3ccccc3N(C3C[C@@H]4CC[C@H]3C4)C2=O)c1. The maximum Gasteiger partial charge on any atom is 0.413 e. The van der Waals surface area contributed by atoms with Crippen LogP contribution in [0.15, 0.2) is 78.9 Å². The lowest BCUT2D eigenvalue weighted by atomic mass is 9.93. The van der Waals surface area contributed by atoms with Crippen molar-refractivity contribution >= 4 is 40.7 Å². The Morgan fingerprint density at radius 3 is 2.31 bits per heavy atom. The van der Waals surface area contributed by atoms with E-state index in [0.29, 0.717) is 34.6 Å². The molecule has 3 amide bonds. The summed E-state index contributed by atoms with van der Waals surface area (Å²) in [7, 11) is 3.78. The van der Waals surface area contributed by atoms with Crippen LogP contribution in [0.4, 0.5) is 27.5 Å². The second-order valence-corrected chi connectivity index (χ2v) is 10.8. The number of rotatable bonds is 5. The number of carbonyl (C=O) groups excluding carboxylic acids is 3. The first-order valence-electron chi connectivity index (χ1n) is 13.5. The molecule has 3 aromatic carbocycles. The van der Waals surface area contributed by atoms with Crippen molar-refractivity contribution in [1.29, 1.82) is 0 Å². The molecule has 0 saturated heterocycles. The highest BCUT2D eigenvalue weighted by Gasteiger charge is 2.50. The van der Waals surface area contributed by atoms with Crippen LogP contribution in [0.25, 0.3) is 0 Å². The molecule has 3 aliphatic rings. The van der Waals surface area contributed by atoms with E-state index in [1.807, 2.05) is 79.7 Å². The lowest BCUT2D eigenvalue weighted by Crippen LogP contribution is -2.57. The zero-order valence-corrected chi connectivity index (χ0v) is 22.1. The van der Waals surface area contributed by atoms with Gasteiger partial charge in [-0.05, 0) is 67.5 Å². The second-order valence-electron chi connectivity index (χ2n) is 10.8. The molecular weight excluding hydrogens is 492 g/mol. The van der Waals surface area contributed by atoms with E-state index in [1.54, 1.807) is 23.1 Å². The highest BCUT2D eigenvalue weighted by atomic mass is 16.6. The summed E-state index contributed by atoms with van der Waals surface area (Å²) in [4.78, 5) is 46.8. The summed E-state index contributed by atoms with van der Waals surface area (Å²) < 4.78 is 5.56. The van der Waals surface area contributed by atoms with Gasteiger partial charge in [0.2, 0.25) is 0 Å². The van der Waals surface area contributed by atoms with Crippen molar-refractivity contribution in [3.05, 3.63) is 78.9 Å². The Labute approximate surface area is 228 Å². The van der Waals surface area contributed by atoms with Gasteiger partial charge in [-0.25, -0.2) is 4.79 Å². The van der Waals surface area contributed by atoms with Gasteiger partial charge in [-0.15, -0.1) is 0 Å². The predicted molar refractivity (Wildman–Crippen MR) is 150 cm³/mol. The monoisotopic (exact) mass is 524 g/mol. The van der Waals surface area contributed by atoms with Gasteiger partial charge >= 0.3 is 6.09 Å². The average Bonchev–Trinajstić information content (AvgIpc) is 3.55. The van der Waals surface area contributed by atoms with Crippen LogP contribution in [-0.2, 0) is 9.59 Å². The van der Waals surface area contributed by atoms with Gasteiger partial charge in [-0.2, -0.15) is 0 Å². The number of nitrogens with one attached hydrogen (secondary N) is 1. The van der Waals surface area contributed by atoms with E-state index in [1.165, 1.54) is 11.3 Å². The number of nitrogens with zero attached hydrogens (tertiary/aromatic N) is 3. The molecule has 1 N–H and O–H groups in total. The molecule has 8 nitrogen and oxygen atoms in total. The van der Waals surface area contributed by atoms with E-state index in [0.717, 1.165) is 24.9 Å². The third-order valence-corrected chi connectivity index (χ3v) is 8.19. The van der Waals surface area contributed by atoms with Crippen LogP contribution in [0.3, 0.4) is 0 Å². The van der Waals surface area contributed by atoms with Gasteiger partial charge in [-0.3, -0.25) is 14.5 Å². The Bertz CT molecular complexity index is 1410. The molecule has 3 aromatic rings. The Balaban J connectivity index is 1.38. The summed E-state index contributed by atoms with van der Waals surface area (Å²) in [6.07, 6.45) is 3.39. The molecule has 6 rings (SSSR count). The molecule has 2 aliphatic carbocycles. The second kappa shape index (κ2) is 10.1. The summed E-state index contributed by atoms with van der Waals surface area (Å²) in [6.45, 7) is 0. The smallest absolute Gasteiger partial charge is 0.410 e. The summed E-state index contributed by atoms with van der Waals surface area (Å²) in [5.74, 6) is 0.336. The molecule has 4 atom stereocenters. The zero-order valence-electron chi connectivity index (χ0n) is 22.1. The summed E-state index contributed by atoms with van der Waals surface area (Å²) in [6, 6.07) is 22.3. The summed E-state index contributed by atoms with van der Waals surface area (Å²) in [5, 5.41) is 2.63. The van der Waals surface area contributed by atoms with Gasteiger partial charge in [0.05, 0.1) is 11.4 Å². The molecule has 0 aromatic heterocycles. The van der Waals surface area contributed by atoms with Gasteiger partial charge < -0.3 is 19.9 Å². The summed E-state index contributed by atoms with van der Waals surface area (Å²) in [5.41, 5.74) is 2.79. The number of fused-ring (bicyclic) bond motifs is 3. The van der Waals surface area contributed by atoms with Gasteiger partial charge in [-0.1, -0.05) is 42.8 Å². The number of ether oxygens (including phenoxy) is 1. The van der Waals surface area contributed by atoms with Crippen LogP contribution in [0, 0.1) is 11.8 Å². The van der Waals surface area contributed by atoms with E-state index >= 15 is 0 Å². The number of anilines is 4. The van der Waals surface area contributed by atoms with Crippen LogP contribution in [0.5, 0.6) is 5.75 Å². The third-order valence-electron chi connectivity index (χ3n) is 8.19. The van der Waals surface area contributed by atoms with Gasteiger partial charge in [0.1, 0.15) is 5.75 Å². The van der Waals surface area contributed by atoms with E-state index in [-0.39, 0.29) is 6.04 Å². The maximum absolute atomic E-state index is 14.3. The Hall–Kier alpha value is -4.33. The molecule has 200 valence electrons. The lowest BCUT2D eigenvalue weighted by molar-refractivity contribution is -0.129. The fourth-order valence-corrected chi connectivity index (χ4v) is 6.38. The highest BCUT2D eigenvalue weighted by molar-refractivity contribution is 6.23. The maximum atomic E-state index is 14.3. The minimum Gasteiger partial charge on any atom is -0.410 e. The fourth-order valence-electron chi connectivity index (χ4n) is 6.38. The average molecular weight is 525 g/mol. The number of amides is 3. The molecule has 2 fully saturated rings. The van der Waals surface area contributed by atoms with Crippen LogP contribution in [0.1, 0.15) is 25.7 Å². The van der Waals surface area contributed by atoms with Crippen molar-refractivity contribution in [3.63, 3.8) is 0 Å². The Kier molecular flexibility index (Phi) is 6.46. The molecular formula is C31H32N4O4. The van der Waals surface area contributed by atoms with E-state index in [4.69, 9.17) is 4.74 Å². The molecule has 2 saturated carbocycles. The lowest BCUT2D eigenvalue weighted by Gasteiger charge is -2.35. The van der Waals surface area contributed by atoms with Crippen LogP contribution in [0.2, 0.25) is 0 Å². The number of para-hydroxylation sites is 3. The van der Waals surface area contributed by atoms with Crippen LogP contribution < -0.4 is 24.8 Å². The molecule has 0 spiro atoms. The first-order valence-corrected chi connectivity index (χ1v) is 13.5. The Morgan fingerprint density at radius 2 is 1.62 bits per heavy atom. The quantitative estimate of drug-likeness (QED) is 0.469. The van der Waals surface area contributed by atoms with Crippen molar-refractivity contribution in [3.8, 4) is 5.75 Å². The number of benzene rings is 3. The zero-order chi connectivity index (χ0) is 27.1. The standard InChI is InChI=1S/C31H32N4O4/c1-33(2)23-11-8-12-24(19-23)39-31(38)32-28-29(36)34(22-9-4-3-5-10-22)25-13-6-7-14-26(25)35(30(28)37)27-18-20-15-16-21(27)17-20/h3-14,19-21,27-28H,15-18H2,1-2H3,(H,32,38)/t20-,21+,27?,28?/m1/s1. The minimum absolute atomic E-state index is 0.0157. The number of hydrogen-bond donors (Lipinski definition) is 1. The normalized spacial score (nSPS) is 23.8. The van der Waals surface area contributed by atoms with Crippen molar-refractivity contribution in [2.75, 3.05) is 28.8 Å². The van der Waals surface area contributed by atoms with Crippen LogP contribution in [-0.4, -0.2) is 44.1 Å². The van der Waals surface area contributed by atoms with E-state index < -0.39 is 23.9 Å². The molecule has 2 unspecified atom stereocenters. The van der Waals surface area contributed by atoms with Crippen molar-refractivity contribution in [2.45, 2.75) is 37.8 Å². The fraction of sp³-hybridized carbons (Fsp3) is 0.323. The molecule has 8 heteroatoms. The molecule has 39 heavy (non-hydrogen) atoms. The largest absolute Gasteiger partial charge is 0.413 e. The predicted octanol–water partition coefficient (Wildman–Crippen LogP) is 5.11. The van der Waals surface area contributed by atoms with Gasteiger partial charge in [0, 0.05) is 37.6 Å². The number of carbonyl (C=O) groups is 3. The molecule has 1 aliphatic heterocycles. The summed E-state index contributed by atoms with van der Waals surface area (Å²) >= 11 is 0. The van der Waals surface area contributed by atoms with Crippen LogP contribution >= 0.6 is 0 Å². The van der Waals surface area contributed by atoms with E-state index in [9.17, 15) is 14.4 Å². The van der Waals surface area contributed by atoms with Crippen molar-refractivity contribution < 1.29 is 19.1 Å². The molecule has 0 radical (unpaired) electrons. The topological polar surface area (TPSA) is 82.2 Å². The third kappa shape index (κ3) is 4.60. The Morgan fingerprint density at radius 1 is 0.872 bits per heavy atom. The van der Waals surface area contributed by atoms with E-state index in [2.05, 4.69) is 5.32 Å².